The molecule has 119 valence electrons. The maximum atomic E-state index is 13.7. The van der Waals surface area contributed by atoms with Crippen LogP contribution in [0.2, 0.25) is 0 Å². The Bertz CT molecular complexity index is 677. The van der Waals surface area contributed by atoms with Crippen molar-refractivity contribution in [2.45, 2.75) is 17.8 Å². The molecule has 2 aromatic carbocycles. The van der Waals surface area contributed by atoms with E-state index in [4.69, 9.17) is 0 Å². The van der Waals surface area contributed by atoms with E-state index >= 15 is 0 Å². The third-order valence-electron chi connectivity index (χ3n) is 3.14. The summed E-state index contributed by atoms with van der Waals surface area (Å²) in [5.74, 6) is -18.0. The maximum absolute atomic E-state index is 13.7. The molecule has 0 nitrogen and oxygen atoms in total. The Kier molecular flexibility index (Phi) is 3.83. The molecule has 0 aromatic heterocycles. The summed E-state index contributed by atoms with van der Waals surface area (Å²) in [6.07, 6.45) is -4.07. The summed E-state index contributed by atoms with van der Waals surface area (Å²) < 4.78 is 104. The molecular formula is C14H7F8. The van der Waals surface area contributed by atoms with E-state index in [1.165, 1.54) is 18.2 Å². The highest BCUT2D eigenvalue weighted by molar-refractivity contribution is 5.83. The molecule has 22 heavy (non-hydrogen) atoms. The number of rotatable bonds is 4. The van der Waals surface area contributed by atoms with Crippen LogP contribution in [-0.2, 0) is 5.92 Å². The second-order valence-electron chi connectivity index (χ2n) is 4.55. The van der Waals surface area contributed by atoms with Crippen LogP contribution in [0, 0.1) is 6.43 Å². The monoisotopic (exact) mass is 327 g/mol. The zero-order chi connectivity index (χ0) is 16.8. The lowest BCUT2D eigenvalue weighted by atomic mass is 9.95. The van der Waals surface area contributed by atoms with E-state index in [1.807, 2.05) is 0 Å². The average molecular weight is 327 g/mol. The van der Waals surface area contributed by atoms with E-state index in [-0.39, 0.29) is 5.39 Å². The lowest BCUT2D eigenvalue weighted by Gasteiger charge is -2.31. The summed E-state index contributed by atoms with van der Waals surface area (Å²) in [5.41, 5.74) is -1.47. The zero-order valence-electron chi connectivity index (χ0n) is 10.6. The molecule has 0 saturated heterocycles. The molecule has 0 aliphatic carbocycles. The van der Waals surface area contributed by atoms with Crippen molar-refractivity contribution in [3.8, 4) is 0 Å². The molecule has 0 aliphatic heterocycles. The van der Waals surface area contributed by atoms with E-state index < -0.39 is 29.8 Å². The fourth-order valence-corrected chi connectivity index (χ4v) is 1.88. The largest absolute Gasteiger partial charge is 0.385 e. The number of alkyl halides is 6. The number of fused-ring (bicyclic) bond motifs is 1. The molecule has 0 amide bonds. The van der Waals surface area contributed by atoms with E-state index in [1.54, 1.807) is 6.07 Å². The minimum Gasteiger partial charge on any atom is -0.194 e. The van der Waals surface area contributed by atoms with Crippen LogP contribution < -0.4 is 0 Å². The number of hydrogen-bond donors (Lipinski definition) is 0. The predicted molar refractivity (Wildman–Crippen MR) is 63.2 cm³/mol. The summed E-state index contributed by atoms with van der Waals surface area (Å²) in [7, 11) is 0. The van der Waals surface area contributed by atoms with Gasteiger partial charge in [0.1, 0.15) is 0 Å². The molecular weight excluding hydrogens is 320 g/mol. The van der Waals surface area contributed by atoms with E-state index in [9.17, 15) is 35.1 Å². The zero-order valence-corrected chi connectivity index (χ0v) is 10.6. The van der Waals surface area contributed by atoms with Crippen molar-refractivity contribution in [3.63, 3.8) is 0 Å². The van der Waals surface area contributed by atoms with Crippen molar-refractivity contribution in [2.24, 2.45) is 0 Å². The van der Waals surface area contributed by atoms with Crippen LogP contribution >= 0.6 is 0 Å². The van der Waals surface area contributed by atoms with Crippen molar-refractivity contribution < 1.29 is 35.1 Å². The molecule has 0 N–H and O–H groups in total. The minimum atomic E-state index is -6.28. The van der Waals surface area contributed by atoms with E-state index in [2.05, 4.69) is 0 Å². The van der Waals surface area contributed by atoms with Crippen molar-refractivity contribution in [2.75, 3.05) is 0 Å². The minimum absolute atomic E-state index is 0.0866. The Labute approximate surface area is 119 Å². The van der Waals surface area contributed by atoms with Crippen LogP contribution in [-0.4, -0.2) is 11.8 Å². The Morgan fingerprint density at radius 3 is 1.82 bits per heavy atom. The highest BCUT2D eigenvalue weighted by atomic mass is 19.4. The molecule has 0 saturated carbocycles. The third kappa shape index (κ3) is 2.30. The van der Waals surface area contributed by atoms with E-state index in [0.717, 1.165) is 6.07 Å². The topological polar surface area (TPSA) is 0 Å². The molecule has 0 fully saturated rings. The van der Waals surface area contributed by atoms with Gasteiger partial charge in [-0.15, -0.1) is 0 Å². The van der Waals surface area contributed by atoms with Gasteiger partial charge in [0.05, 0.1) is 0 Å². The predicted octanol–water partition coefficient (Wildman–Crippen LogP) is 5.63. The molecule has 0 unspecified atom stereocenters. The van der Waals surface area contributed by atoms with Gasteiger partial charge in [-0.2, -0.15) is 35.1 Å². The van der Waals surface area contributed by atoms with Gasteiger partial charge in [-0.1, -0.05) is 36.4 Å². The normalized spacial score (nSPS) is 13.9. The Morgan fingerprint density at radius 2 is 1.27 bits per heavy atom. The van der Waals surface area contributed by atoms with Crippen LogP contribution in [0.3, 0.4) is 0 Å². The highest BCUT2D eigenvalue weighted by Gasteiger charge is 2.76. The van der Waals surface area contributed by atoms with Crippen LogP contribution in [0.5, 0.6) is 0 Å². The second-order valence-corrected chi connectivity index (χ2v) is 4.55. The van der Waals surface area contributed by atoms with E-state index in [0.29, 0.717) is 17.5 Å². The third-order valence-corrected chi connectivity index (χ3v) is 3.14. The average Bonchev–Trinajstić information content (AvgIpc) is 2.46. The summed E-state index contributed by atoms with van der Waals surface area (Å²) in [4.78, 5) is 0. The van der Waals surface area contributed by atoms with Crippen LogP contribution in [0.15, 0.2) is 42.5 Å². The summed E-state index contributed by atoms with van der Waals surface area (Å²) >= 11 is 0. The molecule has 2 rings (SSSR count). The first-order valence-corrected chi connectivity index (χ1v) is 5.83. The molecule has 0 bridgehead atoms. The molecule has 0 heterocycles. The van der Waals surface area contributed by atoms with Crippen molar-refractivity contribution >= 4 is 10.8 Å². The second kappa shape index (κ2) is 5.10. The van der Waals surface area contributed by atoms with Crippen LogP contribution in [0.1, 0.15) is 5.56 Å². The Balaban J connectivity index is 2.56. The molecule has 2 aromatic rings. The Hall–Kier alpha value is -1.86. The first-order valence-electron chi connectivity index (χ1n) is 5.83. The molecule has 1 radical (unpaired) electrons. The smallest absolute Gasteiger partial charge is 0.194 e. The van der Waals surface area contributed by atoms with Gasteiger partial charge in [0.2, 0.25) is 0 Å². The number of benzene rings is 2. The van der Waals surface area contributed by atoms with Gasteiger partial charge in [-0.05, 0) is 16.8 Å². The van der Waals surface area contributed by atoms with Crippen molar-refractivity contribution in [3.05, 3.63) is 54.5 Å². The van der Waals surface area contributed by atoms with Crippen molar-refractivity contribution in [1.29, 1.82) is 0 Å². The summed E-state index contributed by atoms with van der Waals surface area (Å²) in [5, 5.41) is 0.490. The van der Waals surface area contributed by atoms with Gasteiger partial charge in [0.15, 0.2) is 0 Å². The SMILES string of the molecule is F[C](F)C(F)(F)C(F)(F)C(F)(F)c1ccc2ccccc2c1. The van der Waals surface area contributed by atoms with Crippen LogP contribution in [0.4, 0.5) is 35.1 Å². The first kappa shape index (κ1) is 16.5. The first-order chi connectivity index (χ1) is 10.0. The van der Waals surface area contributed by atoms with Gasteiger partial charge in [0, 0.05) is 5.56 Å². The van der Waals surface area contributed by atoms with Gasteiger partial charge in [-0.25, -0.2) is 0 Å². The van der Waals surface area contributed by atoms with Gasteiger partial charge in [0.25, 0.3) is 0 Å². The summed E-state index contributed by atoms with van der Waals surface area (Å²) in [6, 6.07) is 7.84. The number of halogens is 8. The quantitative estimate of drug-likeness (QED) is 0.638. The van der Waals surface area contributed by atoms with Crippen molar-refractivity contribution in [1.82, 2.24) is 0 Å². The summed E-state index contributed by atoms with van der Waals surface area (Å²) in [6.45, 7) is 0. The van der Waals surface area contributed by atoms with Crippen LogP contribution in [0.25, 0.3) is 10.8 Å². The van der Waals surface area contributed by atoms with Gasteiger partial charge >= 0.3 is 24.2 Å². The Morgan fingerprint density at radius 1 is 0.727 bits per heavy atom. The molecule has 8 heteroatoms. The highest BCUT2D eigenvalue weighted by Crippen LogP contribution is 2.55. The maximum Gasteiger partial charge on any atom is 0.385 e. The fourth-order valence-electron chi connectivity index (χ4n) is 1.88. The fraction of sp³-hybridized carbons (Fsp3) is 0.214. The van der Waals surface area contributed by atoms with Gasteiger partial charge in [-0.3, -0.25) is 0 Å². The standard InChI is InChI=1S/C14H7F8/c15-11(16)13(19,20)14(21,22)12(17,18)10-6-5-8-3-1-2-4-9(8)7-10/h1-7H. The molecule has 0 spiro atoms. The lowest BCUT2D eigenvalue weighted by molar-refractivity contribution is -0.323. The molecule has 0 aliphatic rings. The van der Waals surface area contributed by atoms with Gasteiger partial charge < -0.3 is 0 Å². The number of hydrogen-bond acceptors (Lipinski definition) is 0. The lowest BCUT2D eigenvalue weighted by Crippen LogP contribution is -2.53. The molecule has 0 atom stereocenters.